The van der Waals surface area contributed by atoms with Crippen molar-refractivity contribution in [2.75, 3.05) is 0 Å². The minimum Gasteiger partial charge on any atom is -0.480 e. The Hall–Kier alpha value is -2.44. The van der Waals surface area contributed by atoms with Gasteiger partial charge in [0.05, 0.1) is 16.6 Å². The lowest BCUT2D eigenvalue weighted by Gasteiger charge is -2.20. The van der Waals surface area contributed by atoms with Gasteiger partial charge in [-0.15, -0.1) is 0 Å². The van der Waals surface area contributed by atoms with Gasteiger partial charge in [-0.05, 0) is 18.4 Å². The molecule has 0 aromatic carbocycles. The van der Waals surface area contributed by atoms with E-state index in [1.54, 1.807) is 13.0 Å². The molecule has 7 nitrogen and oxygen atoms in total. The lowest BCUT2D eigenvalue weighted by molar-refractivity contribution is -0.140. The van der Waals surface area contributed by atoms with Crippen molar-refractivity contribution in [2.45, 2.75) is 39.7 Å². The zero-order valence-electron chi connectivity index (χ0n) is 12.8. The fourth-order valence-electron chi connectivity index (χ4n) is 2.17. The Morgan fingerprint density at radius 1 is 1.41 bits per heavy atom. The number of aromatic nitrogens is 2. The van der Waals surface area contributed by atoms with Crippen LogP contribution in [0.15, 0.2) is 16.8 Å². The smallest absolute Gasteiger partial charge is 0.326 e. The monoisotopic (exact) mass is 305 g/mol. The zero-order chi connectivity index (χ0) is 16.3. The summed E-state index contributed by atoms with van der Waals surface area (Å²) in [4.78, 5) is 27.6. The molecule has 2 atom stereocenters. The van der Waals surface area contributed by atoms with Crippen LogP contribution in [-0.4, -0.2) is 33.2 Å². The van der Waals surface area contributed by atoms with E-state index in [1.807, 2.05) is 13.8 Å². The normalized spacial score (nSPS) is 13.8. The van der Waals surface area contributed by atoms with E-state index in [2.05, 4.69) is 15.5 Å². The zero-order valence-corrected chi connectivity index (χ0v) is 12.8. The number of amides is 1. The molecule has 7 heteroatoms. The molecule has 0 spiro atoms. The number of carboxylic acid groups (broad SMARTS) is 1. The first-order valence-corrected chi connectivity index (χ1v) is 7.25. The van der Waals surface area contributed by atoms with E-state index in [4.69, 9.17) is 4.52 Å². The fourth-order valence-corrected chi connectivity index (χ4v) is 2.17. The van der Waals surface area contributed by atoms with Gasteiger partial charge in [-0.3, -0.25) is 4.79 Å². The van der Waals surface area contributed by atoms with E-state index in [-0.39, 0.29) is 5.92 Å². The summed E-state index contributed by atoms with van der Waals surface area (Å²) in [6.07, 6.45) is 2.67. The maximum atomic E-state index is 12.3. The van der Waals surface area contributed by atoms with Gasteiger partial charge in [0.2, 0.25) is 0 Å². The van der Waals surface area contributed by atoms with Gasteiger partial charge in [-0.1, -0.05) is 32.3 Å². The number of hydrogen-bond donors (Lipinski definition) is 2. The first kappa shape index (κ1) is 15.9. The highest BCUT2D eigenvalue weighted by atomic mass is 16.5. The predicted molar refractivity (Wildman–Crippen MR) is 79.5 cm³/mol. The van der Waals surface area contributed by atoms with Crippen molar-refractivity contribution < 1.29 is 19.2 Å². The van der Waals surface area contributed by atoms with E-state index in [0.29, 0.717) is 35.2 Å². The third kappa shape index (κ3) is 3.08. The van der Waals surface area contributed by atoms with Crippen molar-refractivity contribution in [1.29, 1.82) is 0 Å². The molecule has 0 saturated heterocycles. The molecular formula is C15H19N3O4. The van der Waals surface area contributed by atoms with Crippen LogP contribution in [0.5, 0.6) is 0 Å². The Balaban J connectivity index is 2.26. The molecule has 0 radical (unpaired) electrons. The highest BCUT2D eigenvalue weighted by Crippen LogP contribution is 2.18. The molecule has 2 heterocycles. The Morgan fingerprint density at radius 3 is 2.73 bits per heavy atom. The number of carbonyl (C=O) groups is 2. The van der Waals surface area contributed by atoms with E-state index in [0.717, 1.165) is 0 Å². The third-order valence-corrected chi connectivity index (χ3v) is 3.77. The van der Waals surface area contributed by atoms with Crippen LogP contribution in [0.3, 0.4) is 0 Å². The molecule has 2 aromatic rings. The lowest BCUT2D eigenvalue weighted by atomic mass is 9.99. The van der Waals surface area contributed by atoms with E-state index < -0.39 is 17.9 Å². The van der Waals surface area contributed by atoms with Gasteiger partial charge in [-0.2, -0.15) is 0 Å². The number of pyridine rings is 1. The van der Waals surface area contributed by atoms with Crippen molar-refractivity contribution in [2.24, 2.45) is 5.92 Å². The molecule has 0 aliphatic heterocycles. The van der Waals surface area contributed by atoms with Crippen LogP contribution in [0.1, 0.15) is 43.2 Å². The average Bonchev–Trinajstić information content (AvgIpc) is 2.93. The number of fused-ring (bicyclic) bond motifs is 1. The van der Waals surface area contributed by atoms with Gasteiger partial charge in [0.1, 0.15) is 6.04 Å². The summed E-state index contributed by atoms with van der Waals surface area (Å²) in [5.41, 5.74) is 1.37. The van der Waals surface area contributed by atoms with Crippen LogP contribution in [0, 0.1) is 5.92 Å². The Bertz CT molecular complexity index is 695. The van der Waals surface area contributed by atoms with Crippen LogP contribution < -0.4 is 5.32 Å². The number of rotatable bonds is 6. The molecule has 0 aliphatic rings. The summed E-state index contributed by atoms with van der Waals surface area (Å²) in [6.45, 7) is 5.59. The van der Waals surface area contributed by atoms with Crippen LogP contribution in [0.2, 0.25) is 0 Å². The number of nitrogens with one attached hydrogen (secondary N) is 1. The summed E-state index contributed by atoms with van der Waals surface area (Å²) in [5, 5.41) is 16.3. The molecule has 0 fully saturated rings. The van der Waals surface area contributed by atoms with Crippen LogP contribution in [-0.2, 0) is 11.2 Å². The van der Waals surface area contributed by atoms with Gasteiger partial charge < -0.3 is 14.9 Å². The van der Waals surface area contributed by atoms with E-state index in [9.17, 15) is 14.7 Å². The minimum absolute atomic E-state index is 0.167. The highest BCUT2D eigenvalue weighted by molar-refractivity contribution is 5.98. The third-order valence-electron chi connectivity index (χ3n) is 3.77. The Labute approximate surface area is 127 Å². The quantitative estimate of drug-likeness (QED) is 0.845. The molecule has 2 aromatic heterocycles. The molecule has 1 amide bonds. The maximum Gasteiger partial charge on any atom is 0.326 e. The molecule has 2 N–H and O–H groups in total. The van der Waals surface area contributed by atoms with Crippen LogP contribution in [0.25, 0.3) is 11.1 Å². The first-order chi connectivity index (χ1) is 10.5. The molecule has 0 aliphatic carbocycles. The second-order valence-electron chi connectivity index (χ2n) is 5.23. The Kier molecular flexibility index (Phi) is 4.75. The van der Waals surface area contributed by atoms with Crippen molar-refractivity contribution in [3.05, 3.63) is 23.5 Å². The number of carboxylic acids is 1. The van der Waals surface area contributed by atoms with Gasteiger partial charge in [0, 0.05) is 6.20 Å². The van der Waals surface area contributed by atoms with Crippen molar-refractivity contribution in [3.8, 4) is 0 Å². The summed E-state index contributed by atoms with van der Waals surface area (Å²) in [5.74, 6) is -1.68. The minimum atomic E-state index is -1.05. The summed E-state index contributed by atoms with van der Waals surface area (Å²) >= 11 is 0. The summed E-state index contributed by atoms with van der Waals surface area (Å²) in [7, 11) is 0. The topological polar surface area (TPSA) is 105 Å². The number of nitrogens with zero attached hydrogens (tertiary/aromatic N) is 2. The molecular weight excluding hydrogens is 286 g/mol. The van der Waals surface area contributed by atoms with E-state index in [1.165, 1.54) is 6.20 Å². The lowest BCUT2D eigenvalue weighted by Crippen LogP contribution is -2.45. The molecule has 2 rings (SSSR count). The van der Waals surface area contributed by atoms with Gasteiger partial charge >= 0.3 is 5.97 Å². The summed E-state index contributed by atoms with van der Waals surface area (Å²) in [6, 6.07) is 0.698. The molecule has 118 valence electrons. The Morgan fingerprint density at radius 2 is 2.14 bits per heavy atom. The van der Waals surface area contributed by atoms with Gasteiger partial charge in [0.25, 0.3) is 11.6 Å². The van der Waals surface area contributed by atoms with Crippen LogP contribution >= 0.6 is 0 Å². The summed E-state index contributed by atoms with van der Waals surface area (Å²) < 4.78 is 5.06. The van der Waals surface area contributed by atoms with Crippen molar-refractivity contribution in [3.63, 3.8) is 0 Å². The van der Waals surface area contributed by atoms with Crippen LogP contribution in [0.4, 0.5) is 0 Å². The maximum absolute atomic E-state index is 12.3. The van der Waals surface area contributed by atoms with Crippen molar-refractivity contribution >= 4 is 23.0 Å². The van der Waals surface area contributed by atoms with Gasteiger partial charge in [0.15, 0.2) is 0 Å². The average molecular weight is 305 g/mol. The molecule has 0 bridgehead atoms. The fraction of sp³-hybridized carbons (Fsp3) is 0.467. The molecule has 22 heavy (non-hydrogen) atoms. The second kappa shape index (κ2) is 6.55. The molecule has 0 saturated carbocycles. The molecule has 0 unspecified atom stereocenters. The highest BCUT2D eigenvalue weighted by Gasteiger charge is 2.26. The number of hydrogen-bond acceptors (Lipinski definition) is 5. The van der Waals surface area contributed by atoms with E-state index >= 15 is 0 Å². The number of aliphatic carboxylic acids is 1. The van der Waals surface area contributed by atoms with Crippen molar-refractivity contribution in [1.82, 2.24) is 15.5 Å². The standard InChI is InChI=1S/C15H19N3O4/c1-4-8(3)12(15(20)21)17-13(19)9-6-10-11(5-2)18-22-14(10)16-7-9/h6-8,12H,4-5H2,1-3H3,(H,17,19)(H,20,21)/t8-,12-/m0/s1. The largest absolute Gasteiger partial charge is 0.480 e. The number of carbonyl (C=O) groups excluding carboxylic acids is 1. The van der Waals surface area contributed by atoms with Gasteiger partial charge in [-0.25, -0.2) is 9.78 Å². The predicted octanol–water partition coefficient (Wildman–Crippen LogP) is 2.01. The first-order valence-electron chi connectivity index (χ1n) is 7.25. The number of aryl methyl sites for hydroxylation is 1. The second-order valence-corrected chi connectivity index (χ2v) is 5.23. The SMILES string of the molecule is CCc1noc2ncc(C(=O)N[C@H](C(=O)O)[C@@H](C)CC)cc12.